The predicted octanol–water partition coefficient (Wildman–Crippen LogP) is 3.48. The van der Waals surface area contributed by atoms with E-state index in [1.54, 1.807) is 30.3 Å². The van der Waals surface area contributed by atoms with Crippen molar-refractivity contribution in [1.29, 1.82) is 0 Å². The van der Waals surface area contributed by atoms with E-state index < -0.39 is 22.5 Å². The summed E-state index contributed by atoms with van der Waals surface area (Å²) in [6.07, 6.45) is 3.38. The van der Waals surface area contributed by atoms with Crippen LogP contribution in [0.25, 0.3) is 6.08 Å². The van der Waals surface area contributed by atoms with Crippen molar-refractivity contribution in [3.05, 3.63) is 60.2 Å². The Bertz CT molecular complexity index is 976. The minimum atomic E-state index is -3.24. The highest BCUT2D eigenvalue weighted by atomic mass is 32.2. The van der Waals surface area contributed by atoms with Crippen LogP contribution in [-0.4, -0.2) is 33.2 Å². The van der Waals surface area contributed by atoms with Gasteiger partial charge in [0, 0.05) is 12.6 Å². The molecular formula is C19H18F2N2O4S. The number of carbonyl (C=O) groups is 1. The summed E-state index contributed by atoms with van der Waals surface area (Å²) < 4.78 is 54.4. The lowest BCUT2D eigenvalue weighted by Gasteiger charge is -2.16. The smallest absolute Gasteiger partial charge is 0.387 e. The van der Waals surface area contributed by atoms with Gasteiger partial charge in [0.2, 0.25) is 15.9 Å². The van der Waals surface area contributed by atoms with Crippen molar-refractivity contribution in [2.75, 3.05) is 21.9 Å². The number of halogens is 2. The minimum Gasteiger partial charge on any atom is -0.433 e. The van der Waals surface area contributed by atoms with E-state index in [1.165, 1.54) is 34.7 Å². The second kappa shape index (κ2) is 8.39. The Labute approximate surface area is 161 Å². The number of hydrogen-bond acceptors (Lipinski definition) is 4. The SMILES string of the molecule is O=C(/C=C/c1ccc(N2CCCS2(=O)=O)cc1)Nc1ccccc1OC(F)F. The lowest BCUT2D eigenvalue weighted by Crippen LogP contribution is -2.24. The van der Waals surface area contributed by atoms with Gasteiger partial charge < -0.3 is 10.1 Å². The van der Waals surface area contributed by atoms with E-state index in [1.807, 2.05) is 0 Å². The zero-order chi connectivity index (χ0) is 20.1. The number of sulfonamides is 1. The number of benzene rings is 2. The molecule has 1 fully saturated rings. The van der Waals surface area contributed by atoms with Crippen molar-refractivity contribution in [3.63, 3.8) is 0 Å². The van der Waals surface area contributed by atoms with Crippen LogP contribution in [-0.2, 0) is 14.8 Å². The van der Waals surface area contributed by atoms with Crippen molar-refractivity contribution in [2.45, 2.75) is 13.0 Å². The number of ether oxygens (including phenoxy) is 1. The first-order valence-corrected chi connectivity index (χ1v) is 10.1. The summed E-state index contributed by atoms with van der Waals surface area (Å²) in [5, 5.41) is 2.48. The molecule has 0 aliphatic carbocycles. The number of rotatable bonds is 6. The summed E-state index contributed by atoms with van der Waals surface area (Å²) in [7, 11) is -3.24. The largest absolute Gasteiger partial charge is 0.433 e. The molecule has 28 heavy (non-hydrogen) atoms. The van der Waals surface area contributed by atoms with Crippen LogP contribution in [0, 0.1) is 0 Å². The van der Waals surface area contributed by atoms with Crippen molar-refractivity contribution >= 4 is 33.4 Å². The molecule has 0 saturated carbocycles. The first-order chi connectivity index (χ1) is 13.3. The minimum absolute atomic E-state index is 0.129. The summed E-state index contributed by atoms with van der Waals surface area (Å²) in [5.74, 6) is -0.502. The second-order valence-electron chi connectivity index (χ2n) is 6.03. The Hall–Kier alpha value is -2.94. The average Bonchev–Trinajstić information content (AvgIpc) is 3.01. The maximum Gasteiger partial charge on any atom is 0.387 e. The van der Waals surface area contributed by atoms with Gasteiger partial charge in [-0.25, -0.2) is 8.42 Å². The molecule has 1 aliphatic heterocycles. The Morgan fingerprint density at radius 3 is 2.50 bits per heavy atom. The fourth-order valence-corrected chi connectivity index (χ4v) is 4.36. The summed E-state index contributed by atoms with van der Waals surface area (Å²) in [5.41, 5.74) is 1.40. The van der Waals surface area contributed by atoms with Gasteiger partial charge in [-0.05, 0) is 42.3 Å². The lowest BCUT2D eigenvalue weighted by atomic mass is 10.2. The van der Waals surface area contributed by atoms with Crippen LogP contribution in [0.15, 0.2) is 54.6 Å². The topological polar surface area (TPSA) is 75.7 Å². The fraction of sp³-hybridized carbons (Fsp3) is 0.211. The monoisotopic (exact) mass is 408 g/mol. The molecule has 1 saturated heterocycles. The van der Waals surface area contributed by atoms with Crippen LogP contribution in [0.5, 0.6) is 5.75 Å². The first-order valence-electron chi connectivity index (χ1n) is 8.48. The van der Waals surface area contributed by atoms with Gasteiger partial charge in [0.25, 0.3) is 0 Å². The van der Waals surface area contributed by atoms with Crippen LogP contribution in [0.2, 0.25) is 0 Å². The molecule has 1 amide bonds. The molecule has 1 heterocycles. The van der Waals surface area contributed by atoms with E-state index in [4.69, 9.17) is 0 Å². The summed E-state index contributed by atoms with van der Waals surface area (Å²) in [4.78, 5) is 12.1. The number of alkyl halides is 2. The predicted molar refractivity (Wildman–Crippen MR) is 103 cm³/mol. The van der Waals surface area contributed by atoms with E-state index in [9.17, 15) is 22.0 Å². The number of anilines is 2. The molecule has 2 aromatic rings. The molecule has 0 atom stereocenters. The molecule has 9 heteroatoms. The van der Waals surface area contributed by atoms with Crippen molar-refractivity contribution in [1.82, 2.24) is 0 Å². The van der Waals surface area contributed by atoms with Gasteiger partial charge in [0.15, 0.2) is 0 Å². The molecule has 0 spiro atoms. The maximum absolute atomic E-state index is 12.4. The average molecular weight is 408 g/mol. The highest BCUT2D eigenvalue weighted by molar-refractivity contribution is 7.93. The van der Waals surface area contributed by atoms with E-state index in [2.05, 4.69) is 10.1 Å². The molecule has 0 unspecified atom stereocenters. The molecule has 148 valence electrons. The summed E-state index contributed by atoms with van der Waals surface area (Å²) >= 11 is 0. The Morgan fingerprint density at radius 2 is 1.86 bits per heavy atom. The number of para-hydroxylation sites is 2. The highest BCUT2D eigenvalue weighted by Crippen LogP contribution is 2.26. The quantitative estimate of drug-likeness (QED) is 0.743. The Balaban J connectivity index is 1.65. The number of hydrogen-bond donors (Lipinski definition) is 1. The van der Waals surface area contributed by atoms with Gasteiger partial charge in [-0.2, -0.15) is 8.78 Å². The third-order valence-electron chi connectivity index (χ3n) is 4.07. The first kappa shape index (κ1) is 19.8. The highest BCUT2D eigenvalue weighted by Gasteiger charge is 2.28. The van der Waals surface area contributed by atoms with E-state index in [-0.39, 0.29) is 17.2 Å². The molecule has 0 bridgehead atoms. The normalized spacial score (nSPS) is 15.9. The molecule has 3 rings (SSSR count). The van der Waals surface area contributed by atoms with Crippen molar-refractivity contribution < 1.29 is 26.7 Å². The molecule has 0 aromatic heterocycles. The van der Waals surface area contributed by atoms with E-state index in [0.29, 0.717) is 24.2 Å². The number of amides is 1. The number of nitrogens with zero attached hydrogens (tertiary/aromatic N) is 1. The molecule has 1 aliphatic rings. The zero-order valence-electron chi connectivity index (χ0n) is 14.7. The summed E-state index contributed by atoms with van der Waals surface area (Å²) in [6, 6.07) is 12.6. The Morgan fingerprint density at radius 1 is 1.14 bits per heavy atom. The lowest BCUT2D eigenvalue weighted by molar-refractivity contribution is -0.111. The Kier molecular flexibility index (Phi) is 5.93. The van der Waals surface area contributed by atoms with Gasteiger partial charge in [0.05, 0.1) is 17.1 Å². The number of carbonyl (C=O) groups excluding carboxylic acids is 1. The molecule has 0 radical (unpaired) electrons. The van der Waals surface area contributed by atoms with E-state index in [0.717, 1.165) is 0 Å². The molecular weight excluding hydrogens is 390 g/mol. The maximum atomic E-state index is 12.4. The van der Waals surface area contributed by atoms with Gasteiger partial charge in [0.1, 0.15) is 5.75 Å². The molecule has 6 nitrogen and oxygen atoms in total. The van der Waals surface area contributed by atoms with Crippen LogP contribution in [0.4, 0.5) is 20.2 Å². The van der Waals surface area contributed by atoms with Gasteiger partial charge >= 0.3 is 6.61 Å². The second-order valence-corrected chi connectivity index (χ2v) is 8.04. The standard InChI is InChI=1S/C19H18F2N2O4S/c20-19(21)27-17-5-2-1-4-16(17)22-18(24)11-8-14-6-9-15(10-7-14)23-12-3-13-28(23,25)26/h1-2,4-11,19H,3,12-13H2,(H,22,24)/b11-8+. The van der Waals surface area contributed by atoms with Crippen molar-refractivity contribution in [2.24, 2.45) is 0 Å². The van der Waals surface area contributed by atoms with Gasteiger partial charge in [-0.15, -0.1) is 0 Å². The van der Waals surface area contributed by atoms with E-state index >= 15 is 0 Å². The van der Waals surface area contributed by atoms with Gasteiger partial charge in [-0.3, -0.25) is 9.10 Å². The van der Waals surface area contributed by atoms with Crippen LogP contribution >= 0.6 is 0 Å². The number of nitrogens with one attached hydrogen (secondary N) is 1. The fourth-order valence-electron chi connectivity index (χ4n) is 2.80. The third-order valence-corrected chi connectivity index (χ3v) is 5.94. The molecule has 2 aromatic carbocycles. The van der Waals surface area contributed by atoms with Crippen LogP contribution in [0.3, 0.4) is 0 Å². The molecule has 1 N–H and O–H groups in total. The third kappa shape index (κ3) is 4.86. The summed E-state index contributed by atoms with van der Waals surface area (Å²) in [6.45, 7) is -2.54. The zero-order valence-corrected chi connectivity index (χ0v) is 15.5. The van der Waals surface area contributed by atoms with Crippen LogP contribution in [0.1, 0.15) is 12.0 Å². The van der Waals surface area contributed by atoms with Crippen LogP contribution < -0.4 is 14.4 Å². The van der Waals surface area contributed by atoms with Gasteiger partial charge in [-0.1, -0.05) is 24.3 Å². The van der Waals surface area contributed by atoms with Crippen molar-refractivity contribution in [3.8, 4) is 5.75 Å².